The lowest BCUT2D eigenvalue weighted by Crippen LogP contribution is -2.56. The highest BCUT2D eigenvalue weighted by Gasteiger charge is 2.60. The van der Waals surface area contributed by atoms with E-state index in [0.29, 0.717) is 24.0 Å². The van der Waals surface area contributed by atoms with E-state index in [1.54, 1.807) is 0 Å². The second kappa shape index (κ2) is 10.3. The Bertz CT molecular complexity index is 846. The topological polar surface area (TPSA) is 92.2 Å². The average Bonchev–Trinajstić information content (AvgIpc) is 3.24. The molecule has 2 fully saturated rings. The van der Waals surface area contributed by atoms with Crippen LogP contribution < -0.4 is 11.1 Å². The van der Waals surface area contributed by atoms with Gasteiger partial charge in [0.1, 0.15) is 5.84 Å². The Morgan fingerprint density at radius 3 is 2.59 bits per heavy atom. The number of amides is 1. The molecule has 4 unspecified atom stereocenters. The van der Waals surface area contributed by atoms with Crippen LogP contribution in [0.1, 0.15) is 71.8 Å². The van der Waals surface area contributed by atoms with Crippen molar-refractivity contribution in [3.8, 4) is 0 Å². The summed E-state index contributed by atoms with van der Waals surface area (Å²) in [5, 5.41) is 12.6. The SMILES string of the molecule is CCCCCN=NC(C(=O)NC1C2(C)CCC(C2)C1(C)C)C(N)=NCc1ccc(Cl)cc1. The molecule has 1 amide bonds. The van der Waals surface area contributed by atoms with Crippen LogP contribution in [0.4, 0.5) is 0 Å². The van der Waals surface area contributed by atoms with E-state index in [9.17, 15) is 4.79 Å². The minimum Gasteiger partial charge on any atom is -0.385 e. The smallest absolute Gasteiger partial charge is 0.254 e. The second-order valence-electron chi connectivity index (χ2n) is 10.3. The molecule has 0 aromatic heterocycles. The van der Waals surface area contributed by atoms with Crippen LogP contribution >= 0.6 is 11.6 Å². The summed E-state index contributed by atoms with van der Waals surface area (Å²) in [7, 11) is 0. The molecule has 176 valence electrons. The third kappa shape index (κ3) is 5.51. The Balaban J connectivity index is 1.74. The first-order valence-corrected chi connectivity index (χ1v) is 12.3. The number of hydrogen-bond acceptors (Lipinski definition) is 4. The number of rotatable bonds is 10. The Morgan fingerprint density at radius 2 is 1.97 bits per heavy atom. The number of fused-ring (bicyclic) bond motifs is 2. The fourth-order valence-electron chi connectivity index (χ4n) is 5.56. The first kappa shape index (κ1) is 24.7. The van der Waals surface area contributed by atoms with Crippen molar-refractivity contribution >= 4 is 23.3 Å². The quantitative estimate of drug-likeness (QED) is 0.208. The van der Waals surface area contributed by atoms with Crippen molar-refractivity contribution in [3.05, 3.63) is 34.9 Å². The number of unbranched alkanes of at least 4 members (excludes halogenated alkanes) is 2. The molecular formula is C25H38ClN5O. The highest BCUT2D eigenvalue weighted by Crippen LogP contribution is 2.62. The summed E-state index contributed by atoms with van der Waals surface area (Å²) in [4.78, 5) is 17.9. The summed E-state index contributed by atoms with van der Waals surface area (Å²) in [5.74, 6) is 0.638. The molecule has 7 heteroatoms. The predicted molar refractivity (Wildman–Crippen MR) is 131 cm³/mol. The van der Waals surface area contributed by atoms with Gasteiger partial charge in [0.2, 0.25) is 6.04 Å². The molecule has 32 heavy (non-hydrogen) atoms. The number of nitrogens with zero attached hydrogens (tertiary/aromatic N) is 3. The lowest BCUT2D eigenvalue weighted by molar-refractivity contribution is -0.123. The number of nitrogens with one attached hydrogen (secondary N) is 1. The molecule has 0 radical (unpaired) electrons. The molecule has 3 N–H and O–H groups in total. The minimum atomic E-state index is -0.901. The molecule has 4 atom stereocenters. The third-order valence-electron chi connectivity index (χ3n) is 7.50. The number of aliphatic imine (C=N–C) groups is 1. The molecular weight excluding hydrogens is 422 g/mol. The summed E-state index contributed by atoms with van der Waals surface area (Å²) in [5.41, 5.74) is 7.45. The summed E-state index contributed by atoms with van der Waals surface area (Å²) in [6.45, 7) is 9.95. The minimum absolute atomic E-state index is 0.0562. The molecule has 0 saturated heterocycles. The molecule has 6 nitrogen and oxygen atoms in total. The average molecular weight is 460 g/mol. The number of nitrogens with two attached hydrogens (primary N) is 1. The maximum Gasteiger partial charge on any atom is 0.254 e. The highest BCUT2D eigenvalue weighted by atomic mass is 35.5. The van der Waals surface area contributed by atoms with Crippen molar-refractivity contribution in [2.75, 3.05) is 6.54 Å². The van der Waals surface area contributed by atoms with Gasteiger partial charge >= 0.3 is 0 Å². The van der Waals surface area contributed by atoms with E-state index >= 15 is 0 Å². The predicted octanol–water partition coefficient (Wildman–Crippen LogP) is 5.54. The van der Waals surface area contributed by atoms with Gasteiger partial charge < -0.3 is 11.1 Å². The molecule has 2 aliphatic carbocycles. The van der Waals surface area contributed by atoms with Gasteiger partial charge in [0.05, 0.1) is 13.1 Å². The Hall–Kier alpha value is -1.95. The zero-order chi connectivity index (χ0) is 23.4. The lowest BCUT2D eigenvalue weighted by atomic mass is 9.68. The van der Waals surface area contributed by atoms with E-state index in [1.165, 1.54) is 6.42 Å². The Labute approximate surface area is 197 Å². The van der Waals surface area contributed by atoms with Gasteiger partial charge in [0.25, 0.3) is 5.91 Å². The zero-order valence-electron chi connectivity index (χ0n) is 19.9. The van der Waals surface area contributed by atoms with Crippen molar-refractivity contribution in [3.63, 3.8) is 0 Å². The van der Waals surface area contributed by atoms with Gasteiger partial charge in [-0.15, -0.1) is 0 Å². The number of hydrogen-bond donors (Lipinski definition) is 2. The van der Waals surface area contributed by atoms with Gasteiger partial charge in [0, 0.05) is 11.1 Å². The van der Waals surface area contributed by atoms with E-state index < -0.39 is 6.04 Å². The normalized spacial score (nSPS) is 27.7. The maximum atomic E-state index is 13.4. The van der Waals surface area contributed by atoms with Crippen LogP contribution in [0.25, 0.3) is 0 Å². The van der Waals surface area contributed by atoms with Crippen LogP contribution in [0.15, 0.2) is 39.5 Å². The molecule has 0 heterocycles. The standard InChI is InChI=1S/C25H38ClN5O/c1-5-6-7-14-29-31-20(21(27)28-16-17-8-10-19(26)11-9-17)22(32)30-23-24(2,3)18-12-13-25(23,4)15-18/h8-11,18,20,23H,5-7,12-16H2,1-4H3,(H2,27,28)(H,30,32). The van der Waals surface area contributed by atoms with Crippen LogP contribution in [0.3, 0.4) is 0 Å². The fraction of sp³-hybridized carbons (Fsp3) is 0.680. The van der Waals surface area contributed by atoms with Crippen molar-refractivity contribution in [1.29, 1.82) is 0 Å². The van der Waals surface area contributed by atoms with Crippen molar-refractivity contribution in [2.24, 2.45) is 37.7 Å². The fourth-order valence-corrected chi connectivity index (χ4v) is 5.69. The first-order chi connectivity index (χ1) is 15.2. The number of azo groups is 1. The van der Waals surface area contributed by atoms with Gasteiger partial charge in [0.15, 0.2) is 0 Å². The van der Waals surface area contributed by atoms with Crippen LogP contribution in [0, 0.1) is 16.7 Å². The number of benzene rings is 1. The maximum absolute atomic E-state index is 13.4. The van der Waals surface area contributed by atoms with E-state index in [2.05, 4.69) is 48.2 Å². The zero-order valence-corrected chi connectivity index (χ0v) is 20.7. The Kier molecular flexibility index (Phi) is 7.97. The highest BCUT2D eigenvalue weighted by molar-refractivity contribution is 6.30. The van der Waals surface area contributed by atoms with Gasteiger partial charge in [-0.25, -0.2) is 0 Å². The molecule has 0 spiro atoms. The van der Waals surface area contributed by atoms with Crippen molar-refractivity contribution in [1.82, 2.24) is 5.32 Å². The number of amidine groups is 1. The van der Waals surface area contributed by atoms with Crippen molar-refractivity contribution < 1.29 is 4.79 Å². The van der Waals surface area contributed by atoms with Crippen LogP contribution in [-0.4, -0.2) is 30.4 Å². The molecule has 1 aromatic rings. The number of carbonyl (C=O) groups excluding carboxylic acids is 1. The lowest BCUT2D eigenvalue weighted by Gasteiger charge is -2.43. The van der Waals surface area contributed by atoms with Crippen LogP contribution in [0.5, 0.6) is 0 Å². The molecule has 0 aliphatic heterocycles. The van der Waals surface area contributed by atoms with Gasteiger partial charge in [-0.1, -0.05) is 64.3 Å². The largest absolute Gasteiger partial charge is 0.385 e. The first-order valence-electron chi connectivity index (χ1n) is 11.9. The number of carbonyl (C=O) groups is 1. The van der Waals surface area contributed by atoms with E-state index in [0.717, 1.165) is 37.7 Å². The van der Waals surface area contributed by atoms with Crippen LogP contribution in [0.2, 0.25) is 5.02 Å². The van der Waals surface area contributed by atoms with Gasteiger partial charge in [-0.3, -0.25) is 9.79 Å². The molecule has 2 bridgehead atoms. The van der Waals surface area contributed by atoms with Crippen LogP contribution in [-0.2, 0) is 11.3 Å². The summed E-state index contributed by atoms with van der Waals surface area (Å²) in [6.07, 6.45) is 6.70. The summed E-state index contributed by atoms with van der Waals surface area (Å²) >= 11 is 5.96. The molecule has 1 aromatic carbocycles. The van der Waals surface area contributed by atoms with E-state index in [-0.39, 0.29) is 28.6 Å². The van der Waals surface area contributed by atoms with Crippen molar-refractivity contribution in [2.45, 2.75) is 84.8 Å². The molecule has 3 rings (SSSR count). The van der Waals surface area contributed by atoms with Gasteiger partial charge in [-0.05, 0) is 60.1 Å². The van der Waals surface area contributed by atoms with E-state index in [4.69, 9.17) is 17.3 Å². The second-order valence-corrected chi connectivity index (χ2v) is 10.8. The molecule has 2 aliphatic rings. The summed E-state index contributed by atoms with van der Waals surface area (Å²) < 4.78 is 0. The Morgan fingerprint density at radius 1 is 1.25 bits per heavy atom. The third-order valence-corrected chi connectivity index (χ3v) is 7.75. The number of halogens is 1. The molecule has 2 saturated carbocycles. The van der Waals surface area contributed by atoms with E-state index in [1.807, 2.05) is 24.3 Å². The monoisotopic (exact) mass is 459 g/mol. The van der Waals surface area contributed by atoms with Gasteiger partial charge in [-0.2, -0.15) is 10.2 Å². The summed E-state index contributed by atoms with van der Waals surface area (Å²) in [6, 6.07) is 6.64.